The van der Waals surface area contributed by atoms with Gasteiger partial charge in [0.2, 0.25) is 0 Å². The summed E-state index contributed by atoms with van der Waals surface area (Å²) in [7, 11) is 0. The van der Waals surface area contributed by atoms with Crippen molar-refractivity contribution >= 4 is 16.6 Å². The Bertz CT molecular complexity index is 604. The third-order valence-corrected chi connectivity index (χ3v) is 4.13. The monoisotopic (exact) mass is 255 g/mol. The van der Waals surface area contributed by atoms with Crippen LogP contribution >= 0.6 is 0 Å². The third-order valence-electron chi connectivity index (χ3n) is 4.13. The predicted molar refractivity (Wildman–Crippen MR) is 80.2 cm³/mol. The highest BCUT2D eigenvalue weighted by Gasteiger charge is 2.16. The van der Waals surface area contributed by atoms with Crippen molar-refractivity contribution in [2.75, 3.05) is 5.43 Å². The molecule has 3 N–H and O–H groups in total. The van der Waals surface area contributed by atoms with Crippen LogP contribution in [0.4, 0.5) is 5.69 Å². The molecule has 1 aliphatic rings. The van der Waals surface area contributed by atoms with Gasteiger partial charge in [-0.15, -0.1) is 0 Å². The average molecular weight is 255 g/mol. The van der Waals surface area contributed by atoms with Crippen molar-refractivity contribution in [3.05, 3.63) is 35.0 Å². The first kappa shape index (κ1) is 12.4. The fourth-order valence-electron chi connectivity index (χ4n) is 3.03. The second-order valence-corrected chi connectivity index (χ2v) is 5.32. The molecule has 0 fully saturated rings. The number of hydrogen-bond acceptors (Lipinski definition) is 3. The van der Waals surface area contributed by atoms with Crippen LogP contribution in [-0.4, -0.2) is 4.98 Å². The lowest BCUT2D eigenvalue weighted by atomic mass is 10.0. The average Bonchev–Trinajstić information content (AvgIpc) is 2.69. The van der Waals surface area contributed by atoms with Gasteiger partial charge in [-0.25, -0.2) is 0 Å². The fourth-order valence-corrected chi connectivity index (χ4v) is 3.03. The van der Waals surface area contributed by atoms with Gasteiger partial charge in [-0.05, 0) is 55.4 Å². The number of hydrogen-bond donors (Lipinski definition) is 2. The van der Waals surface area contributed by atoms with E-state index in [1.165, 1.54) is 41.5 Å². The molecular formula is C16H21N3. The van der Waals surface area contributed by atoms with E-state index in [9.17, 15) is 0 Å². The number of rotatable bonds is 2. The first-order valence-corrected chi connectivity index (χ1v) is 7.24. The maximum absolute atomic E-state index is 5.80. The van der Waals surface area contributed by atoms with Crippen molar-refractivity contribution in [2.24, 2.45) is 5.84 Å². The lowest BCUT2D eigenvalue weighted by molar-refractivity contribution is 0.709. The maximum atomic E-state index is 5.80. The molecule has 0 aliphatic heterocycles. The number of aryl methyl sites for hydroxylation is 2. The minimum Gasteiger partial charge on any atom is -0.323 e. The lowest BCUT2D eigenvalue weighted by Crippen LogP contribution is -2.12. The van der Waals surface area contributed by atoms with E-state index in [1.54, 1.807) is 0 Å². The molecule has 0 radical (unpaired) electrons. The van der Waals surface area contributed by atoms with E-state index in [2.05, 4.69) is 30.5 Å². The number of hydrazine groups is 1. The molecule has 3 heteroatoms. The Labute approximate surface area is 114 Å². The first-order chi connectivity index (χ1) is 9.33. The van der Waals surface area contributed by atoms with Gasteiger partial charge >= 0.3 is 0 Å². The van der Waals surface area contributed by atoms with Gasteiger partial charge in [0.15, 0.2) is 0 Å². The summed E-state index contributed by atoms with van der Waals surface area (Å²) < 4.78 is 0. The largest absolute Gasteiger partial charge is 0.323 e. The fraction of sp³-hybridized carbons (Fsp3) is 0.438. The molecule has 1 aromatic carbocycles. The summed E-state index contributed by atoms with van der Waals surface area (Å²) in [5.74, 6) is 5.80. The summed E-state index contributed by atoms with van der Waals surface area (Å²) in [4.78, 5) is 4.86. The standard InChI is InChI=1S/C16H21N3/c1-2-11-8-9-15-13(10-11)16(19-17)12-6-4-3-5-7-14(12)18-15/h8-10H,2-7,17H2,1H3,(H,18,19). The number of pyridine rings is 1. The SMILES string of the molecule is CCc1ccc2nc3c(c(NN)c2c1)CCCCC3. The van der Waals surface area contributed by atoms with Crippen molar-refractivity contribution in [3.63, 3.8) is 0 Å². The Hall–Kier alpha value is -1.61. The van der Waals surface area contributed by atoms with Gasteiger partial charge in [0.25, 0.3) is 0 Å². The Morgan fingerprint density at radius 3 is 2.84 bits per heavy atom. The maximum Gasteiger partial charge on any atom is 0.0726 e. The van der Waals surface area contributed by atoms with E-state index >= 15 is 0 Å². The Kier molecular flexibility index (Phi) is 3.38. The van der Waals surface area contributed by atoms with E-state index in [0.717, 1.165) is 30.5 Å². The summed E-state index contributed by atoms with van der Waals surface area (Å²) in [5.41, 5.74) is 9.00. The second-order valence-electron chi connectivity index (χ2n) is 5.32. The van der Waals surface area contributed by atoms with E-state index in [-0.39, 0.29) is 0 Å². The minimum absolute atomic E-state index is 1.04. The van der Waals surface area contributed by atoms with E-state index < -0.39 is 0 Å². The number of nitrogen functional groups attached to an aromatic ring is 1. The van der Waals surface area contributed by atoms with Gasteiger partial charge in [0, 0.05) is 11.1 Å². The number of fused-ring (bicyclic) bond motifs is 2. The van der Waals surface area contributed by atoms with Crippen molar-refractivity contribution in [3.8, 4) is 0 Å². The van der Waals surface area contributed by atoms with Gasteiger partial charge in [-0.1, -0.05) is 19.4 Å². The highest BCUT2D eigenvalue weighted by Crippen LogP contribution is 2.32. The topological polar surface area (TPSA) is 50.9 Å². The Morgan fingerprint density at radius 1 is 1.21 bits per heavy atom. The van der Waals surface area contributed by atoms with Crippen LogP contribution in [0.1, 0.15) is 43.0 Å². The lowest BCUT2D eigenvalue weighted by Gasteiger charge is -2.15. The minimum atomic E-state index is 1.04. The molecule has 3 nitrogen and oxygen atoms in total. The zero-order valence-electron chi connectivity index (χ0n) is 11.5. The summed E-state index contributed by atoms with van der Waals surface area (Å²) in [5, 5.41) is 1.17. The van der Waals surface area contributed by atoms with Crippen LogP contribution in [0.25, 0.3) is 10.9 Å². The zero-order chi connectivity index (χ0) is 13.2. The van der Waals surface area contributed by atoms with E-state index in [1.807, 2.05) is 0 Å². The number of benzene rings is 1. The summed E-state index contributed by atoms with van der Waals surface area (Å²) in [6.45, 7) is 2.17. The van der Waals surface area contributed by atoms with Gasteiger partial charge in [0.1, 0.15) is 0 Å². The molecule has 0 atom stereocenters. The number of anilines is 1. The number of aromatic nitrogens is 1. The van der Waals surface area contributed by atoms with Gasteiger partial charge in [-0.3, -0.25) is 10.8 Å². The first-order valence-electron chi connectivity index (χ1n) is 7.24. The number of nitrogens with zero attached hydrogens (tertiary/aromatic N) is 1. The summed E-state index contributed by atoms with van der Waals surface area (Å²) in [6.07, 6.45) is 6.97. The molecular weight excluding hydrogens is 234 g/mol. The Balaban J connectivity index is 2.27. The zero-order valence-corrected chi connectivity index (χ0v) is 11.5. The normalized spacial score (nSPS) is 15.1. The van der Waals surface area contributed by atoms with Gasteiger partial charge in [-0.2, -0.15) is 0 Å². The van der Waals surface area contributed by atoms with Crippen LogP contribution < -0.4 is 11.3 Å². The Morgan fingerprint density at radius 2 is 2.05 bits per heavy atom. The van der Waals surface area contributed by atoms with E-state index in [4.69, 9.17) is 10.8 Å². The quantitative estimate of drug-likeness (QED) is 0.491. The van der Waals surface area contributed by atoms with E-state index in [0.29, 0.717) is 0 Å². The van der Waals surface area contributed by atoms with Crippen molar-refractivity contribution < 1.29 is 0 Å². The van der Waals surface area contributed by atoms with Crippen molar-refractivity contribution in [2.45, 2.75) is 45.4 Å². The molecule has 100 valence electrons. The molecule has 3 rings (SSSR count). The number of nitrogens with one attached hydrogen (secondary N) is 1. The third kappa shape index (κ3) is 2.19. The molecule has 19 heavy (non-hydrogen) atoms. The molecule has 0 amide bonds. The predicted octanol–water partition coefficient (Wildman–Crippen LogP) is 3.35. The van der Waals surface area contributed by atoms with Crippen LogP contribution in [0.3, 0.4) is 0 Å². The van der Waals surface area contributed by atoms with Crippen LogP contribution in [-0.2, 0) is 19.3 Å². The molecule has 1 aliphatic carbocycles. The summed E-state index contributed by atoms with van der Waals surface area (Å²) in [6, 6.07) is 6.52. The van der Waals surface area contributed by atoms with Crippen LogP contribution in [0.5, 0.6) is 0 Å². The van der Waals surface area contributed by atoms with Crippen LogP contribution in [0, 0.1) is 0 Å². The second kappa shape index (κ2) is 5.17. The molecule has 0 saturated heterocycles. The van der Waals surface area contributed by atoms with Crippen molar-refractivity contribution in [1.29, 1.82) is 0 Å². The highest BCUT2D eigenvalue weighted by molar-refractivity contribution is 5.93. The van der Waals surface area contributed by atoms with Gasteiger partial charge in [0.05, 0.1) is 11.2 Å². The van der Waals surface area contributed by atoms with Crippen LogP contribution in [0.15, 0.2) is 18.2 Å². The summed E-state index contributed by atoms with van der Waals surface area (Å²) >= 11 is 0. The molecule has 0 unspecified atom stereocenters. The highest BCUT2D eigenvalue weighted by atomic mass is 15.2. The molecule has 1 aromatic heterocycles. The van der Waals surface area contributed by atoms with Crippen molar-refractivity contribution in [1.82, 2.24) is 4.98 Å². The van der Waals surface area contributed by atoms with Crippen LogP contribution in [0.2, 0.25) is 0 Å². The molecule has 1 heterocycles. The number of nitrogens with two attached hydrogens (primary N) is 1. The molecule has 0 bridgehead atoms. The smallest absolute Gasteiger partial charge is 0.0726 e. The molecule has 0 saturated carbocycles. The van der Waals surface area contributed by atoms with Gasteiger partial charge < -0.3 is 5.43 Å². The molecule has 2 aromatic rings. The molecule has 0 spiro atoms.